The third-order valence-electron chi connectivity index (χ3n) is 7.18. The lowest BCUT2D eigenvalue weighted by Gasteiger charge is -2.40. The van der Waals surface area contributed by atoms with Crippen LogP contribution in [0, 0.1) is 0 Å². The highest BCUT2D eigenvalue weighted by atomic mass is 35.5. The molecule has 184 valence electrons. The molecule has 3 fully saturated rings. The molecule has 9 heteroatoms. The maximum atomic E-state index is 13.4. The molecule has 0 bridgehead atoms. The second-order valence-corrected chi connectivity index (χ2v) is 12.2. The molecule has 1 amide bonds. The van der Waals surface area contributed by atoms with E-state index in [0.29, 0.717) is 30.3 Å². The number of sulfone groups is 1. The van der Waals surface area contributed by atoms with Crippen LogP contribution in [0.15, 0.2) is 24.3 Å². The number of para-hydroxylation sites is 1. The van der Waals surface area contributed by atoms with Crippen molar-refractivity contribution in [3.8, 4) is 5.75 Å². The SMILES string of the molecule is O=C(CN1CCN(CCOc2ccccc2Cl)CC1)N(C1CCCCC1)C1CCS(=O)(=O)C1. The van der Waals surface area contributed by atoms with Crippen molar-refractivity contribution >= 4 is 27.3 Å². The summed E-state index contributed by atoms with van der Waals surface area (Å²) in [5.41, 5.74) is 0. The van der Waals surface area contributed by atoms with E-state index in [1.165, 1.54) is 6.42 Å². The van der Waals surface area contributed by atoms with Crippen molar-refractivity contribution in [1.82, 2.24) is 14.7 Å². The number of rotatable bonds is 8. The predicted molar refractivity (Wildman–Crippen MR) is 131 cm³/mol. The molecule has 2 aliphatic heterocycles. The molecule has 0 spiro atoms. The summed E-state index contributed by atoms with van der Waals surface area (Å²) in [4.78, 5) is 19.9. The fourth-order valence-electron chi connectivity index (χ4n) is 5.35. The van der Waals surface area contributed by atoms with Gasteiger partial charge in [-0.3, -0.25) is 14.6 Å². The van der Waals surface area contributed by atoms with E-state index >= 15 is 0 Å². The molecule has 1 atom stereocenters. The first-order valence-electron chi connectivity index (χ1n) is 12.2. The highest BCUT2D eigenvalue weighted by Gasteiger charge is 2.39. The molecule has 1 unspecified atom stereocenters. The number of hydrogen-bond donors (Lipinski definition) is 0. The lowest BCUT2D eigenvalue weighted by atomic mass is 9.92. The Kier molecular flexibility index (Phi) is 8.54. The van der Waals surface area contributed by atoms with Gasteiger partial charge in [0.2, 0.25) is 5.91 Å². The zero-order chi connectivity index (χ0) is 23.3. The van der Waals surface area contributed by atoms with Crippen LogP contribution in [-0.2, 0) is 14.6 Å². The Morgan fingerprint density at radius 1 is 1.00 bits per heavy atom. The zero-order valence-electron chi connectivity index (χ0n) is 19.3. The number of nitrogens with zero attached hydrogens (tertiary/aromatic N) is 3. The number of carbonyl (C=O) groups is 1. The highest BCUT2D eigenvalue weighted by molar-refractivity contribution is 7.91. The third kappa shape index (κ3) is 6.84. The van der Waals surface area contributed by atoms with Gasteiger partial charge in [-0.1, -0.05) is 43.0 Å². The van der Waals surface area contributed by atoms with Gasteiger partial charge in [0.15, 0.2) is 9.84 Å². The summed E-state index contributed by atoms with van der Waals surface area (Å²) in [6.45, 7) is 5.23. The van der Waals surface area contributed by atoms with Crippen LogP contribution in [0.3, 0.4) is 0 Å². The zero-order valence-corrected chi connectivity index (χ0v) is 20.9. The molecule has 2 saturated heterocycles. The number of halogens is 1. The lowest BCUT2D eigenvalue weighted by molar-refractivity contribution is -0.138. The van der Waals surface area contributed by atoms with Gasteiger partial charge >= 0.3 is 0 Å². The number of amides is 1. The molecule has 1 aliphatic carbocycles. The van der Waals surface area contributed by atoms with Gasteiger partial charge in [-0.2, -0.15) is 0 Å². The Morgan fingerprint density at radius 3 is 2.36 bits per heavy atom. The largest absolute Gasteiger partial charge is 0.491 e. The molecule has 7 nitrogen and oxygen atoms in total. The Balaban J connectivity index is 1.25. The van der Waals surface area contributed by atoms with Crippen LogP contribution in [0.4, 0.5) is 0 Å². The van der Waals surface area contributed by atoms with Gasteiger partial charge in [-0.15, -0.1) is 0 Å². The lowest BCUT2D eigenvalue weighted by Crippen LogP contribution is -2.55. The van der Waals surface area contributed by atoms with E-state index in [9.17, 15) is 13.2 Å². The molecule has 2 heterocycles. The van der Waals surface area contributed by atoms with E-state index in [4.69, 9.17) is 16.3 Å². The quantitative estimate of drug-likeness (QED) is 0.550. The second kappa shape index (κ2) is 11.4. The Morgan fingerprint density at radius 2 is 1.70 bits per heavy atom. The average molecular weight is 498 g/mol. The highest BCUT2D eigenvalue weighted by Crippen LogP contribution is 2.29. The Bertz CT molecular complexity index is 899. The molecule has 3 aliphatic rings. The van der Waals surface area contributed by atoms with E-state index < -0.39 is 9.84 Å². The van der Waals surface area contributed by atoms with Crippen molar-refractivity contribution in [2.75, 3.05) is 57.4 Å². The summed E-state index contributed by atoms with van der Waals surface area (Å²) in [6, 6.07) is 7.55. The van der Waals surface area contributed by atoms with Gasteiger partial charge < -0.3 is 9.64 Å². The van der Waals surface area contributed by atoms with Gasteiger partial charge in [0.25, 0.3) is 0 Å². The van der Waals surface area contributed by atoms with Crippen molar-refractivity contribution in [2.45, 2.75) is 50.6 Å². The monoisotopic (exact) mass is 497 g/mol. The van der Waals surface area contributed by atoms with Crippen LogP contribution in [0.5, 0.6) is 5.75 Å². The first kappa shape index (κ1) is 24.8. The maximum Gasteiger partial charge on any atom is 0.237 e. The van der Waals surface area contributed by atoms with Gasteiger partial charge in [0, 0.05) is 44.8 Å². The normalized spacial score (nSPS) is 24.6. The van der Waals surface area contributed by atoms with Gasteiger partial charge in [0.05, 0.1) is 23.1 Å². The number of carbonyl (C=O) groups excluding carboxylic acids is 1. The summed E-state index contributed by atoms with van der Waals surface area (Å²) in [6.07, 6.45) is 6.06. The first-order chi connectivity index (χ1) is 15.9. The van der Waals surface area contributed by atoms with E-state index in [0.717, 1.165) is 58.4 Å². The van der Waals surface area contributed by atoms with Crippen LogP contribution < -0.4 is 4.74 Å². The number of piperazine rings is 1. The van der Waals surface area contributed by atoms with E-state index in [-0.39, 0.29) is 29.5 Å². The maximum absolute atomic E-state index is 13.4. The molecule has 0 radical (unpaired) electrons. The molecule has 1 aromatic carbocycles. The minimum Gasteiger partial charge on any atom is -0.491 e. The number of hydrogen-bond acceptors (Lipinski definition) is 6. The van der Waals surface area contributed by atoms with E-state index in [1.54, 1.807) is 0 Å². The summed E-state index contributed by atoms with van der Waals surface area (Å²) < 4.78 is 30.0. The van der Waals surface area contributed by atoms with Crippen LogP contribution in [0.25, 0.3) is 0 Å². The van der Waals surface area contributed by atoms with E-state index in [2.05, 4.69) is 9.80 Å². The first-order valence-corrected chi connectivity index (χ1v) is 14.4. The fraction of sp³-hybridized carbons (Fsp3) is 0.708. The van der Waals surface area contributed by atoms with Crippen LogP contribution in [-0.4, -0.2) is 98.5 Å². The molecule has 0 aromatic heterocycles. The fourth-order valence-corrected chi connectivity index (χ4v) is 7.25. The van der Waals surface area contributed by atoms with Crippen molar-refractivity contribution < 1.29 is 17.9 Å². The second-order valence-electron chi connectivity index (χ2n) is 9.55. The van der Waals surface area contributed by atoms with Gasteiger partial charge in [-0.25, -0.2) is 8.42 Å². The predicted octanol–water partition coefficient (Wildman–Crippen LogP) is 2.68. The van der Waals surface area contributed by atoms with Crippen LogP contribution in [0.1, 0.15) is 38.5 Å². The number of ether oxygens (including phenoxy) is 1. The molecule has 4 rings (SSSR count). The van der Waals surface area contributed by atoms with Gasteiger partial charge in [-0.05, 0) is 31.4 Å². The van der Waals surface area contributed by atoms with Crippen molar-refractivity contribution in [3.05, 3.63) is 29.3 Å². The summed E-state index contributed by atoms with van der Waals surface area (Å²) in [5.74, 6) is 1.16. The number of benzene rings is 1. The average Bonchev–Trinajstić information content (AvgIpc) is 3.16. The molecule has 33 heavy (non-hydrogen) atoms. The summed E-state index contributed by atoms with van der Waals surface area (Å²) in [5, 5.41) is 0.624. The molecule has 1 aromatic rings. The van der Waals surface area contributed by atoms with Crippen molar-refractivity contribution in [1.29, 1.82) is 0 Å². The Hall–Kier alpha value is -1.35. The Labute approximate surface area is 202 Å². The minimum atomic E-state index is -3.02. The summed E-state index contributed by atoms with van der Waals surface area (Å²) >= 11 is 6.14. The molecular formula is C24H36ClN3O4S. The molecular weight excluding hydrogens is 462 g/mol. The van der Waals surface area contributed by atoms with Crippen LogP contribution in [0.2, 0.25) is 5.02 Å². The van der Waals surface area contributed by atoms with E-state index in [1.807, 2.05) is 29.2 Å². The smallest absolute Gasteiger partial charge is 0.237 e. The van der Waals surface area contributed by atoms with Crippen LogP contribution >= 0.6 is 11.6 Å². The standard InChI is InChI=1S/C24H36ClN3O4S/c25-22-8-4-5-9-23(22)32-16-15-26-11-13-27(14-12-26)18-24(29)28(20-6-2-1-3-7-20)21-10-17-33(30,31)19-21/h4-5,8-9,20-21H,1-3,6-7,10-19H2. The minimum absolute atomic E-state index is 0.111. The van der Waals surface area contributed by atoms with Crippen molar-refractivity contribution in [2.24, 2.45) is 0 Å². The molecule has 0 N–H and O–H groups in total. The third-order valence-corrected chi connectivity index (χ3v) is 9.25. The molecule has 1 saturated carbocycles. The van der Waals surface area contributed by atoms with Crippen molar-refractivity contribution in [3.63, 3.8) is 0 Å². The van der Waals surface area contributed by atoms with Gasteiger partial charge in [0.1, 0.15) is 12.4 Å². The summed E-state index contributed by atoms with van der Waals surface area (Å²) in [7, 11) is -3.02. The topological polar surface area (TPSA) is 70.2 Å².